The number of nitrogens with two attached hydrogens (primary N) is 1. The highest BCUT2D eigenvalue weighted by Gasteiger charge is 1.96. The van der Waals surface area contributed by atoms with Crippen LogP contribution in [0.1, 0.15) is 5.56 Å². The third-order valence-corrected chi connectivity index (χ3v) is 1.32. The number of ether oxygens (including phenoxy) is 1. The van der Waals surface area contributed by atoms with Crippen molar-refractivity contribution in [2.45, 2.75) is 6.54 Å². The van der Waals surface area contributed by atoms with Crippen molar-refractivity contribution >= 4 is 0 Å². The first-order valence-corrected chi connectivity index (χ1v) is 3.12. The zero-order chi connectivity index (χ0) is 7.40. The molecule has 1 aromatic carbocycles. The summed E-state index contributed by atoms with van der Waals surface area (Å²) in [4.78, 5) is 0. The first-order chi connectivity index (χ1) is 4.88. The van der Waals surface area contributed by atoms with Gasteiger partial charge in [-0.15, -0.1) is 0 Å². The third kappa shape index (κ3) is 1.28. The van der Waals surface area contributed by atoms with Gasteiger partial charge >= 0.3 is 0 Å². The zero-order valence-corrected chi connectivity index (χ0v) is 5.92. The molecule has 0 aliphatic rings. The van der Waals surface area contributed by atoms with Crippen LogP contribution in [0.25, 0.3) is 0 Å². The zero-order valence-electron chi connectivity index (χ0n) is 5.92. The first kappa shape index (κ1) is 7.09. The average molecular weight is 136 g/mol. The maximum Gasteiger partial charge on any atom is 0.131 e. The highest BCUT2D eigenvalue weighted by Crippen LogP contribution is 2.14. The molecule has 0 unspecified atom stereocenters. The Bertz CT molecular complexity index is 187. The molecule has 0 fully saturated rings. The van der Waals surface area contributed by atoms with E-state index >= 15 is 0 Å². The largest absolute Gasteiger partial charge is 0.496 e. The normalized spacial score (nSPS) is 9.40. The number of hydrogen-bond donors (Lipinski definition) is 1. The molecule has 0 saturated heterocycles. The van der Waals surface area contributed by atoms with Crippen molar-refractivity contribution in [3.05, 3.63) is 29.8 Å². The standard InChI is InChI=1S/C8H10NO/c1-10-8-5-3-2-4-7(8)6-9/h2-4H,6,9H2,1H3. The molecular weight excluding hydrogens is 126 g/mol. The number of hydrogen-bond acceptors (Lipinski definition) is 2. The fourth-order valence-electron chi connectivity index (χ4n) is 0.807. The molecule has 0 atom stereocenters. The van der Waals surface area contributed by atoms with Gasteiger partial charge in [-0.1, -0.05) is 18.2 Å². The van der Waals surface area contributed by atoms with Gasteiger partial charge in [-0.2, -0.15) is 0 Å². The fourth-order valence-corrected chi connectivity index (χ4v) is 0.807. The smallest absolute Gasteiger partial charge is 0.131 e. The quantitative estimate of drug-likeness (QED) is 0.657. The molecule has 1 rings (SSSR count). The van der Waals surface area contributed by atoms with Crippen molar-refractivity contribution in [2.24, 2.45) is 5.73 Å². The maximum absolute atomic E-state index is 5.43. The SMILES string of the molecule is COc1[c]cccc1CN. The van der Waals surface area contributed by atoms with Crippen LogP contribution in [0, 0.1) is 6.07 Å². The predicted octanol–water partition coefficient (Wildman–Crippen LogP) is 0.954. The second kappa shape index (κ2) is 3.22. The van der Waals surface area contributed by atoms with E-state index in [9.17, 15) is 0 Å². The molecule has 0 aliphatic heterocycles. The van der Waals surface area contributed by atoms with Crippen LogP contribution in [0.3, 0.4) is 0 Å². The molecule has 2 heteroatoms. The third-order valence-electron chi connectivity index (χ3n) is 1.32. The lowest BCUT2D eigenvalue weighted by Gasteiger charge is -2.03. The van der Waals surface area contributed by atoms with Gasteiger partial charge in [0.1, 0.15) is 5.75 Å². The Labute approximate surface area is 60.6 Å². The Morgan fingerprint density at radius 1 is 1.70 bits per heavy atom. The van der Waals surface area contributed by atoms with E-state index in [1.165, 1.54) is 0 Å². The second-order valence-electron chi connectivity index (χ2n) is 1.93. The Morgan fingerprint density at radius 3 is 3.00 bits per heavy atom. The van der Waals surface area contributed by atoms with Gasteiger partial charge in [0.25, 0.3) is 0 Å². The molecule has 0 amide bonds. The highest BCUT2D eigenvalue weighted by molar-refractivity contribution is 5.31. The van der Waals surface area contributed by atoms with Crippen molar-refractivity contribution in [2.75, 3.05) is 7.11 Å². The van der Waals surface area contributed by atoms with Gasteiger partial charge in [0.05, 0.1) is 7.11 Å². The molecule has 1 aromatic rings. The molecular formula is C8H10NO. The molecule has 0 aliphatic carbocycles. The Balaban J connectivity index is 2.96. The summed E-state index contributed by atoms with van der Waals surface area (Å²) in [6, 6.07) is 8.56. The average Bonchev–Trinajstić information content (AvgIpc) is 2.04. The minimum absolute atomic E-state index is 0.501. The van der Waals surface area contributed by atoms with E-state index < -0.39 is 0 Å². The van der Waals surface area contributed by atoms with Gasteiger partial charge in [-0.3, -0.25) is 0 Å². The van der Waals surface area contributed by atoms with E-state index in [4.69, 9.17) is 10.5 Å². The van der Waals surface area contributed by atoms with Crippen LogP contribution in [0.15, 0.2) is 18.2 Å². The van der Waals surface area contributed by atoms with E-state index in [2.05, 4.69) is 6.07 Å². The first-order valence-electron chi connectivity index (χ1n) is 3.12. The number of para-hydroxylation sites is 1. The Kier molecular flexibility index (Phi) is 2.29. The second-order valence-corrected chi connectivity index (χ2v) is 1.93. The van der Waals surface area contributed by atoms with E-state index in [1.807, 2.05) is 12.1 Å². The minimum Gasteiger partial charge on any atom is -0.496 e. The monoisotopic (exact) mass is 136 g/mol. The van der Waals surface area contributed by atoms with Gasteiger partial charge in [-0.05, 0) is 0 Å². The summed E-state index contributed by atoms with van der Waals surface area (Å²) in [6.45, 7) is 0.501. The lowest BCUT2D eigenvalue weighted by Crippen LogP contribution is -1.98. The van der Waals surface area contributed by atoms with E-state index in [0.717, 1.165) is 11.3 Å². The molecule has 0 heterocycles. The van der Waals surface area contributed by atoms with E-state index in [1.54, 1.807) is 13.2 Å². The van der Waals surface area contributed by atoms with Crippen molar-refractivity contribution in [3.63, 3.8) is 0 Å². The van der Waals surface area contributed by atoms with Gasteiger partial charge in [0.15, 0.2) is 0 Å². The molecule has 0 aromatic heterocycles. The number of benzene rings is 1. The molecule has 0 bridgehead atoms. The molecule has 0 saturated carbocycles. The van der Waals surface area contributed by atoms with Gasteiger partial charge < -0.3 is 10.5 Å². The lowest BCUT2D eigenvalue weighted by atomic mass is 10.2. The van der Waals surface area contributed by atoms with Crippen molar-refractivity contribution in [1.29, 1.82) is 0 Å². The predicted molar refractivity (Wildman–Crippen MR) is 39.7 cm³/mol. The number of methoxy groups -OCH3 is 1. The van der Waals surface area contributed by atoms with Crippen LogP contribution in [-0.4, -0.2) is 7.11 Å². The highest BCUT2D eigenvalue weighted by atomic mass is 16.5. The molecule has 2 nitrogen and oxygen atoms in total. The van der Waals surface area contributed by atoms with Crippen molar-refractivity contribution in [1.82, 2.24) is 0 Å². The molecule has 10 heavy (non-hydrogen) atoms. The van der Waals surface area contributed by atoms with Crippen LogP contribution < -0.4 is 10.5 Å². The number of rotatable bonds is 2. The summed E-state index contributed by atoms with van der Waals surface area (Å²) in [5.74, 6) is 0.741. The molecule has 1 radical (unpaired) electrons. The molecule has 0 spiro atoms. The summed E-state index contributed by atoms with van der Waals surface area (Å²) in [7, 11) is 1.62. The lowest BCUT2D eigenvalue weighted by molar-refractivity contribution is 0.409. The van der Waals surface area contributed by atoms with Gasteiger partial charge in [0, 0.05) is 18.2 Å². The summed E-state index contributed by atoms with van der Waals surface area (Å²) in [6.07, 6.45) is 0. The van der Waals surface area contributed by atoms with Gasteiger partial charge in [-0.25, -0.2) is 0 Å². The fraction of sp³-hybridized carbons (Fsp3) is 0.250. The minimum atomic E-state index is 0.501. The Hall–Kier alpha value is -1.02. The molecule has 53 valence electrons. The summed E-state index contributed by atoms with van der Waals surface area (Å²) >= 11 is 0. The molecule has 2 N–H and O–H groups in total. The van der Waals surface area contributed by atoms with Crippen molar-refractivity contribution in [3.8, 4) is 5.75 Å². The van der Waals surface area contributed by atoms with Crippen molar-refractivity contribution < 1.29 is 4.74 Å². The summed E-state index contributed by atoms with van der Waals surface area (Å²) in [5.41, 5.74) is 6.42. The van der Waals surface area contributed by atoms with Crippen LogP contribution in [0.2, 0.25) is 0 Å². The van der Waals surface area contributed by atoms with Gasteiger partial charge in [0.2, 0.25) is 0 Å². The van der Waals surface area contributed by atoms with Crippen LogP contribution in [-0.2, 0) is 6.54 Å². The topological polar surface area (TPSA) is 35.2 Å². The summed E-state index contributed by atoms with van der Waals surface area (Å²) in [5, 5.41) is 0. The Morgan fingerprint density at radius 2 is 2.50 bits per heavy atom. The van der Waals surface area contributed by atoms with Crippen LogP contribution in [0.4, 0.5) is 0 Å². The van der Waals surface area contributed by atoms with Crippen LogP contribution in [0.5, 0.6) is 5.75 Å². The summed E-state index contributed by atoms with van der Waals surface area (Å²) < 4.78 is 5.00. The van der Waals surface area contributed by atoms with E-state index in [-0.39, 0.29) is 0 Å². The maximum atomic E-state index is 5.43. The van der Waals surface area contributed by atoms with Crippen LogP contribution >= 0.6 is 0 Å². The van der Waals surface area contributed by atoms with E-state index in [0.29, 0.717) is 6.54 Å².